The average molecular weight is 209 g/mol. The molecule has 2 rings (SSSR count). The third kappa shape index (κ3) is 2.38. The number of hydrogen-bond donors (Lipinski definition) is 1. The van der Waals surface area contributed by atoms with Crippen LogP contribution in [-0.2, 0) is 0 Å². The Morgan fingerprint density at radius 2 is 2.47 bits per heavy atom. The summed E-state index contributed by atoms with van der Waals surface area (Å²) in [5, 5.41) is 0. The number of oxazole rings is 1. The largest absolute Gasteiger partial charge is 0.444 e. The van der Waals surface area contributed by atoms with Crippen LogP contribution >= 0.6 is 0 Å². The molecule has 0 bridgehead atoms. The van der Waals surface area contributed by atoms with Crippen LogP contribution in [0, 0.1) is 0 Å². The van der Waals surface area contributed by atoms with Gasteiger partial charge in [0.2, 0.25) is 0 Å². The summed E-state index contributed by atoms with van der Waals surface area (Å²) >= 11 is 0. The SMILES string of the molecule is CC(N)c1cnc(C2CCCN(C)C2)o1. The average Bonchev–Trinajstić information content (AvgIpc) is 2.66. The number of rotatable bonds is 2. The maximum atomic E-state index is 5.74. The standard InChI is InChI=1S/C11H19N3O/c1-8(12)10-6-13-11(15-10)9-4-3-5-14(2)7-9/h6,8-9H,3-5,7,12H2,1-2H3. The predicted molar refractivity (Wildman–Crippen MR) is 58.6 cm³/mol. The van der Waals surface area contributed by atoms with Crippen molar-refractivity contribution in [2.75, 3.05) is 20.1 Å². The van der Waals surface area contributed by atoms with Gasteiger partial charge in [-0.3, -0.25) is 0 Å². The smallest absolute Gasteiger partial charge is 0.198 e. The molecule has 4 heteroatoms. The normalized spacial score (nSPS) is 25.4. The van der Waals surface area contributed by atoms with Crippen molar-refractivity contribution >= 4 is 0 Å². The van der Waals surface area contributed by atoms with Crippen molar-refractivity contribution < 1.29 is 4.42 Å². The van der Waals surface area contributed by atoms with Crippen LogP contribution in [0.4, 0.5) is 0 Å². The molecule has 0 saturated carbocycles. The Labute approximate surface area is 90.5 Å². The summed E-state index contributed by atoms with van der Waals surface area (Å²) in [6.45, 7) is 4.13. The van der Waals surface area contributed by atoms with Crippen molar-refractivity contribution in [3.8, 4) is 0 Å². The molecule has 2 heterocycles. The fraction of sp³-hybridized carbons (Fsp3) is 0.727. The second-order valence-electron chi connectivity index (χ2n) is 4.49. The van der Waals surface area contributed by atoms with Crippen LogP contribution in [0.2, 0.25) is 0 Å². The fourth-order valence-corrected chi connectivity index (χ4v) is 2.07. The number of likely N-dealkylation sites (tertiary alicyclic amines) is 1. The Morgan fingerprint density at radius 3 is 3.07 bits per heavy atom. The first kappa shape index (κ1) is 10.6. The van der Waals surface area contributed by atoms with Gasteiger partial charge in [-0.25, -0.2) is 4.98 Å². The Balaban J connectivity index is 2.08. The summed E-state index contributed by atoms with van der Waals surface area (Å²) in [4.78, 5) is 6.65. The first-order valence-electron chi connectivity index (χ1n) is 5.56. The van der Waals surface area contributed by atoms with Gasteiger partial charge < -0.3 is 15.1 Å². The topological polar surface area (TPSA) is 55.3 Å². The molecule has 2 atom stereocenters. The van der Waals surface area contributed by atoms with Crippen LogP contribution in [0.15, 0.2) is 10.6 Å². The van der Waals surface area contributed by atoms with E-state index in [1.54, 1.807) is 6.20 Å². The molecule has 0 radical (unpaired) electrons. The summed E-state index contributed by atoms with van der Waals surface area (Å²) in [6, 6.07) is -0.0624. The van der Waals surface area contributed by atoms with Crippen LogP contribution in [0.25, 0.3) is 0 Å². The minimum absolute atomic E-state index is 0.0624. The number of hydrogen-bond acceptors (Lipinski definition) is 4. The van der Waals surface area contributed by atoms with E-state index in [0.717, 1.165) is 18.2 Å². The molecule has 4 nitrogen and oxygen atoms in total. The lowest BCUT2D eigenvalue weighted by Crippen LogP contribution is -2.30. The third-order valence-electron chi connectivity index (χ3n) is 2.96. The van der Waals surface area contributed by atoms with E-state index in [9.17, 15) is 0 Å². The van der Waals surface area contributed by atoms with Crippen LogP contribution in [-0.4, -0.2) is 30.0 Å². The van der Waals surface area contributed by atoms with Crippen LogP contribution < -0.4 is 5.73 Å². The summed E-state index contributed by atoms with van der Waals surface area (Å²) in [7, 11) is 2.14. The van der Waals surface area contributed by atoms with E-state index in [2.05, 4.69) is 16.9 Å². The molecule has 2 unspecified atom stereocenters. The number of nitrogens with zero attached hydrogens (tertiary/aromatic N) is 2. The quantitative estimate of drug-likeness (QED) is 0.802. The van der Waals surface area contributed by atoms with E-state index < -0.39 is 0 Å². The fourth-order valence-electron chi connectivity index (χ4n) is 2.07. The van der Waals surface area contributed by atoms with E-state index in [0.29, 0.717) is 5.92 Å². The lowest BCUT2D eigenvalue weighted by molar-refractivity contribution is 0.227. The van der Waals surface area contributed by atoms with Gasteiger partial charge in [0.1, 0.15) is 5.76 Å². The van der Waals surface area contributed by atoms with Crippen molar-refractivity contribution in [3.63, 3.8) is 0 Å². The minimum atomic E-state index is -0.0624. The number of likely N-dealkylation sites (N-methyl/N-ethyl adjacent to an activating group) is 1. The Kier molecular flexibility index (Phi) is 3.07. The molecular formula is C11H19N3O. The molecule has 1 aromatic rings. The highest BCUT2D eigenvalue weighted by Crippen LogP contribution is 2.26. The van der Waals surface area contributed by atoms with E-state index in [-0.39, 0.29) is 6.04 Å². The number of aromatic nitrogens is 1. The molecular weight excluding hydrogens is 190 g/mol. The number of piperidine rings is 1. The molecule has 1 aliphatic rings. The molecule has 84 valence electrons. The first-order valence-corrected chi connectivity index (χ1v) is 5.56. The van der Waals surface area contributed by atoms with Crippen molar-refractivity contribution in [2.24, 2.45) is 5.73 Å². The molecule has 0 aliphatic carbocycles. The highest BCUT2D eigenvalue weighted by atomic mass is 16.4. The zero-order valence-electron chi connectivity index (χ0n) is 9.44. The second-order valence-corrected chi connectivity index (χ2v) is 4.49. The highest BCUT2D eigenvalue weighted by Gasteiger charge is 2.23. The molecule has 0 aromatic carbocycles. The Hall–Kier alpha value is -0.870. The maximum absolute atomic E-state index is 5.74. The summed E-state index contributed by atoms with van der Waals surface area (Å²) in [5.41, 5.74) is 5.74. The summed E-state index contributed by atoms with van der Waals surface area (Å²) in [5.74, 6) is 2.09. The van der Waals surface area contributed by atoms with E-state index >= 15 is 0 Å². The second kappa shape index (κ2) is 4.33. The van der Waals surface area contributed by atoms with Gasteiger partial charge >= 0.3 is 0 Å². The Bertz CT molecular complexity index is 321. The molecule has 0 amide bonds. The van der Waals surface area contributed by atoms with Crippen LogP contribution in [0.1, 0.15) is 43.4 Å². The van der Waals surface area contributed by atoms with Crippen molar-refractivity contribution in [3.05, 3.63) is 17.8 Å². The lowest BCUT2D eigenvalue weighted by Gasteiger charge is -2.27. The first-order chi connectivity index (χ1) is 7.16. The molecule has 2 N–H and O–H groups in total. The van der Waals surface area contributed by atoms with E-state index in [4.69, 9.17) is 10.2 Å². The van der Waals surface area contributed by atoms with Gasteiger partial charge in [0.25, 0.3) is 0 Å². The van der Waals surface area contributed by atoms with Crippen LogP contribution in [0.5, 0.6) is 0 Å². The summed E-state index contributed by atoms with van der Waals surface area (Å²) < 4.78 is 5.67. The number of nitrogens with two attached hydrogens (primary N) is 1. The van der Waals surface area contributed by atoms with E-state index in [1.165, 1.54) is 19.4 Å². The molecule has 0 spiro atoms. The van der Waals surface area contributed by atoms with Gasteiger partial charge in [-0.2, -0.15) is 0 Å². The molecule has 15 heavy (non-hydrogen) atoms. The monoisotopic (exact) mass is 209 g/mol. The molecule has 1 fully saturated rings. The minimum Gasteiger partial charge on any atom is -0.444 e. The van der Waals surface area contributed by atoms with Gasteiger partial charge in [0.15, 0.2) is 5.89 Å². The summed E-state index contributed by atoms with van der Waals surface area (Å²) in [6.07, 6.45) is 4.15. The highest BCUT2D eigenvalue weighted by molar-refractivity contribution is 5.03. The zero-order valence-corrected chi connectivity index (χ0v) is 9.44. The van der Waals surface area contributed by atoms with Crippen LogP contribution in [0.3, 0.4) is 0 Å². The molecule has 1 aromatic heterocycles. The zero-order chi connectivity index (χ0) is 10.8. The predicted octanol–water partition coefficient (Wildman–Crippen LogP) is 1.50. The molecule has 1 saturated heterocycles. The van der Waals surface area contributed by atoms with Crippen molar-refractivity contribution in [1.82, 2.24) is 9.88 Å². The van der Waals surface area contributed by atoms with Gasteiger partial charge in [-0.05, 0) is 33.4 Å². The van der Waals surface area contributed by atoms with Gasteiger partial charge in [0, 0.05) is 12.5 Å². The molecule has 1 aliphatic heterocycles. The van der Waals surface area contributed by atoms with Crippen molar-refractivity contribution in [2.45, 2.75) is 31.7 Å². The third-order valence-corrected chi connectivity index (χ3v) is 2.96. The van der Waals surface area contributed by atoms with Crippen molar-refractivity contribution in [1.29, 1.82) is 0 Å². The Morgan fingerprint density at radius 1 is 1.67 bits per heavy atom. The van der Waals surface area contributed by atoms with Gasteiger partial charge in [-0.1, -0.05) is 0 Å². The lowest BCUT2D eigenvalue weighted by atomic mass is 9.99. The van der Waals surface area contributed by atoms with E-state index in [1.807, 2.05) is 6.92 Å². The van der Waals surface area contributed by atoms with Gasteiger partial charge in [0.05, 0.1) is 12.2 Å². The van der Waals surface area contributed by atoms with Gasteiger partial charge in [-0.15, -0.1) is 0 Å². The maximum Gasteiger partial charge on any atom is 0.198 e.